The fraction of sp³-hybridized carbons (Fsp3) is 0.833. The highest BCUT2D eigenvalue weighted by Gasteiger charge is 2.30. The maximum absolute atomic E-state index is 10.8. The predicted molar refractivity (Wildman–Crippen MR) is 60.6 cm³/mol. The van der Waals surface area contributed by atoms with Crippen molar-refractivity contribution in [1.82, 2.24) is 0 Å². The molecule has 0 radical (unpaired) electrons. The third-order valence-corrected chi connectivity index (χ3v) is 2.75. The standard InChI is InChI=1S/C12H20O5/c1-9(13)3-5-16-10-7-11(8-10)17-6-4-12(14)15-2/h10-11H,3-8H2,1-2H3/t10-,11-. The van der Waals surface area contributed by atoms with E-state index in [1.165, 1.54) is 7.11 Å². The maximum Gasteiger partial charge on any atom is 0.307 e. The molecule has 1 aliphatic rings. The number of ether oxygens (including phenoxy) is 3. The molecule has 0 bridgehead atoms. The third kappa shape index (κ3) is 5.79. The number of carbonyl (C=O) groups is 2. The zero-order chi connectivity index (χ0) is 12.7. The van der Waals surface area contributed by atoms with Crippen LogP contribution in [-0.2, 0) is 23.8 Å². The van der Waals surface area contributed by atoms with Crippen LogP contribution in [0.1, 0.15) is 32.6 Å². The molecule has 1 fully saturated rings. The second-order valence-corrected chi connectivity index (χ2v) is 4.24. The highest BCUT2D eigenvalue weighted by molar-refractivity contribution is 5.75. The Labute approximate surface area is 101 Å². The highest BCUT2D eigenvalue weighted by atomic mass is 16.5. The number of hydrogen-bond acceptors (Lipinski definition) is 5. The summed E-state index contributed by atoms with van der Waals surface area (Å²) < 4.78 is 15.4. The Hall–Kier alpha value is -0.940. The lowest BCUT2D eigenvalue weighted by atomic mass is 9.92. The first-order valence-electron chi connectivity index (χ1n) is 5.91. The molecule has 0 heterocycles. The Morgan fingerprint density at radius 1 is 1.06 bits per heavy atom. The van der Waals surface area contributed by atoms with Crippen LogP contribution in [0.3, 0.4) is 0 Å². The van der Waals surface area contributed by atoms with Gasteiger partial charge in [0.1, 0.15) is 5.78 Å². The van der Waals surface area contributed by atoms with Gasteiger partial charge >= 0.3 is 5.97 Å². The topological polar surface area (TPSA) is 61.8 Å². The van der Waals surface area contributed by atoms with Gasteiger partial charge in [-0.3, -0.25) is 9.59 Å². The summed E-state index contributed by atoms with van der Waals surface area (Å²) in [7, 11) is 1.37. The molecule has 0 spiro atoms. The van der Waals surface area contributed by atoms with Crippen LogP contribution in [0.25, 0.3) is 0 Å². The predicted octanol–water partition coefficient (Wildman–Crippen LogP) is 1.09. The van der Waals surface area contributed by atoms with Gasteiger partial charge in [-0.2, -0.15) is 0 Å². The summed E-state index contributed by atoms with van der Waals surface area (Å²) in [5.74, 6) is -0.103. The summed E-state index contributed by atoms with van der Waals surface area (Å²) in [6, 6.07) is 0. The first-order chi connectivity index (χ1) is 8.11. The van der Waals surface area contributed by atoms with Crippen LogP contribution in [0.5, 0.6) is 0 Å². The van der Waals surface area contributed by atoms with Gasteiger partial charge in [0.25, 0.3) is 0 Å². The van der Waals surface area contributed by atoms with Crippen molar-refractivity contribution in [2.75, 3.05) is 20.3 Å². The summed E-state index contributed by atoms with van der Waals surface area (Å²) >= 11 is 0. The van der Waals surface area contributed by atoms with Gasteiger partial charge in [0.05, 0.1) is 39.0 Å². The van der Waals surface area contributed by atoms with Crippen molar-refractivity contribution in [2.45, 2.75) is 44.8 Å². The van der Waals surface area contributed by atoms with Crippen molar-refractivity contribution in [1.29, 1.82) is 0 Å². The average Bonchev–Trinajstić information content (AvgIpc) is 2.23. The fourth-order valence-corrected chi connectivity index (χ4v) is 1.57. The van der Waals surface area contributed by atoms with E-state index in [1.54, 1.807) is 6.92 Å². The molecule has 0 aromatic carbocycles. The Bertz CT molecular complexity index is 258. The molecule has 5 nitrogen and oxygen atoms in total. The molecule has 0 N–H and O–H groups in total. The van der Waals surface area contributed by atoms with Gasteiger partial charge in [-0.25, -0.2) is 0 Å². The fourth-order valence-electron chi connectivity index (χ4n) is 1.57. The molecule has 0 aromatic heterocycles. The second-order valence-electron chi connectivity index (χ2n) is 4.24. The summed E-state index contributed by atoms with van der Waals surface area (Å²) in [4.78, 5) is 21.5. The molecule has 5 heteroatoms. The lowest BCUT2D eigenvalue weighted by Crippen LogP contribution is -2.38. The van der Waals surface area contributed by atoms with Gasteiger partial charge < -0.3 is 14.2 Å². The largest absolute Gasteiger partial charge is 0.469 e. The molecule has 0 aromatic rings. The minimum Gasteiger partial charge on any atom is -0.469 e. The number of carbonyl (C=O) groups excluding carboxylic acids is 2. The van der Waals surface area contributed by atoms with E-state index in [4.69, 9.17) is 9.47 Å². The smallest absolute Gasteiger partial charge is 0.307 e. The van der Waals surface area contributed by atoms with E-state index in [9.17, 15) is 9.59 Å². The molecule has 0 saturated heterocycles. The quantitative estimate of drug-likeness (QED) is 0.598. The second kappa shape index (κ2) is 7.40. The van der Waals surface area contributed by atoms with Gasteiger partial charge in [0.15, 0.2) is 0 Å². The minimum absolute atomic E-state index is 0.148. The van der Waals surface area contributed by atoms with Crippen molar-refractivity contribution in [3.63, 3.8) is 0 Å². The average molecular weight is 244 g/mol. The van der Waals surface area contributed by atoms with E-state index < -0.39 is 0 Å². The van der Waals surface area contributed by atoms with Gasteiger partial charge in [-0.15, -0.1) is 0 Å². The van der Waals surface area contributed by atoms with Crippen LogP contribution >= 0.6 is 0 Å². The Morgan fingerprint density at radius 2 is 1.59 bits per heavy atom. The maximum atomic E-state index is 10.8. The number of Topliss-reactive ketones (excluding diaryl/α,β-unsaturated/α-hetero) is 1. The minimum atomic E-state index is -0.251. The van der Waals surface area contributed by atoms with Crippen molar-refractivity contribution in [3.05, 3.63) is 0 Å². The molecule has 1 saturated carbocycles. The Kier molecular flexibility index (Phi) is 6.15. The number of methoxy groups -OCH3 is 1. The number of hydrogen-bond donors (Lipinski definition) is 0. The van der Waals surface area contributed by atoms with E-state index in [-0.39, 0.29) is 24.0 Å². The lowest BCUT2D eigenvalue weighted by molar-refractivity contribution is -0.144. The van der Waals surface area contributed by atoms with Gasteiger partial charge in [0, 0.05) is 6.42 Å². The molecule has 0 amide bonds. The summed E-state index contributed by atoms with van der Waals surface area (Å²) in [5, 5.41) is 0. The van der Waals surface area contributed by atoms with Crippen molar-refractivity contribution >= 4 is 11.8 Å². The van der Waals surface area contributed by atoms with Gasteiger partial charge in [0.2, 0.25) is 0 Å². The molecule has 98 valence electrons. The number of esters is 1. The van der Waals surface area contributed by atoms with Crippen LogP contribution in [0.15, 0.2) is 0 Å². The summed E-state index contributed by atoms with van der Waals surface area (Å²) in [6.45, 7) is 2.45. The van der Waals surface area contributed by atoms with E-state index in [2.05, 4.69) is 4.74 Å². The van der Waals surface area contributed by atoms with E-state index >= 15 is 0 Å². The van der Waals surface area contributed by atoms with Crippen LogP contribution < -0.4 is 0 Å². The molecular weight excluding hydrogens is 224 g/mol. The molecule has 0 aliphatic heterocycles. The molecule has 1 aliphatic carbocycles. The Morgan fingerprint density at radius 3 is 2.06 bits per heavy atom. The van der Waals surface area contributed by atoms with Crippen molar-refractivity contribution in [2.24, 2.45) is 0 Å². The molecule has 0 unspecified atom stereocenters. The zero-order valence-electron chi connectivity index (χ0n) is 10.4. The van der Waals surface area contributed by atoms with E-state index in [0.29, 0.717) is 26.1 Å². The first-order valence-corrected chi connectivity index (χ1v) is 5.91. The molecular formula is C12H20O5. The molecule has 1 rings (SSSR count). The summed E-state index contributed by atoms with van der Waals surface area (Å²) in [5.41, 5.74) is 0. The van der Waals surface area contributed by atoms with Gasteiger partial charge in [-0.05, 0) is 19.8 Å². The number of ketones is 1. The first kappa shape index (κ1) is 14.1. The van der Waals surface area contributed by atoms with Gasteiger partial charge in [-0.1, -0.05) is 0 Å². The van der Waals surface area contributed by atoms with Crippen LogP contribution in [0.2, 0.25) is 0 Å². The third-order valence-electron chi connectivity index (χ3n) is 2.75. The zero-order valence-corrected chi connectivity index (χ0v) is 10.4. The monoisotopic (exact) mass is 244 g/mol. The lowest BCUT2D eigenvalue weighted by Gasteiger charge is -2.34. The van der Waals surface area contributed by atoms with E-state index in [0.717, 1.165) is 12.8 Å². The van der Waals surface area contributed by atoms with Crippen molar-refractivity contribution in [3.8, 4) is 0 Å². The van der Waals surface area contributed by atoms with Crippen LogP contribution in [0, 0.1) is 0 Å². The van der Waals surface area contributed by atoms with Crippen molar-refractivity contribution < 1.29 is 23.8 Å². The van der Waals surface area contributed by atoms with Crippen LogP contribution in [0.4, 0.5) is 0 Å². The molecule has 0 atom stereocenters. The SMILES string of the molecule is COC(=O)CCO[C@H]1C[C@H](OCCC(C)=O)C1. The number of rotatable bonds is 8. The van der Waals surface area contributed by atoms with E-state index in [1.807, 2.05) is 0 Å². The normalized spacial score (nSPS) is 22.9. The van der Waals surface area contributed by atoms with Crippen LogP contribution in [-0.4, -0.2) is 44.3 Å². The Balaban J connectivity index is 1.93. The molecule has 17 heavy (non-hydrogen) atoms. The highest BCUT2D eigenvalue weighted by Crippen LogP contribution is 2.26. The summed E-state index contributed by atoms with van der Waals surface area (Å²) in [6.07, 6.45) is 2.85.